The molecule has 3 aromatic rings. The minimum Gasteiger partial charge on any atom is -0.366 e. The van der Waals surface area contributed by atoms with Crippen LogP contribution in [-0.4, -0.2) is 40.7 Å². The van der Waals surface area contributed by atoms with Gasteiger partial charge >= 0.3 is 0 Å². The van der Waals surface area contributed by atoms with Gasteiger partial charge in [-0.15, -0.1) is 11.3 Å². The van der Waals surface area contributed by atoms with Gasteiger partial charge in [-0.2, -0.15) is 0 Å². The largest absolute Gasteiger partial charge is 0.366 e. The Morgan fingerprint density at radius 2 is 1.75 bits per heavy atom. The van der Waals surface area contributed by atoms with Gasteiger partial charge in [0.2, 0.25) is 11.8 Å². The third-order valence-corrected chi connectivity index (χ3v) is 6.26. The van der Waals surface area contributed by atoms with Crippen LogP contribution in [0.5, 0.6) is 0 Å². The number of primary amides is 1. The quantitative estimate of drug-likeness (QED) is 0.510. The number of carbonyl (C=O) groups excluding carboxylic acids is 3. The first-order valence-electron chi connectivity index (χ1n) is 10.0. The highest BCUT2D eigenvalue weighted by Gasteiger charge is 2.21. The van der Waals surface area contributed by atoms with Crippen molar-refractivity contribution < 1.29 is 14.4 Å². The fourth-order valence-corrected chi connectivity index (χ4v) is 4.20. The van der Waals surface area contributed by atoms with Crippen molar-refractivity contribution in [1.82, 2.24) is 9.88 Å². The van der Waals surface area contributed by atoms with Crippen molar-refractivity contribution >= 4 is 46.3 Å². The van der Waals surface area contributed by atoms with E-state index in [0.29, 0.717) is 33.4 Å². The summed E-state index contributed by atoms with van der Waals surface area (Å²) in [6.07, 6.45) is 0.138. The Hall–Kier alpha value is -3.23. The topological polar surface area (TPSA) is 105 Å². The summed E-state index contributed by atoms with van der Waals surface area (Å²) in [7, 11) is 0. The molecule has 3 N–H and O–H groups in total. The number of nitrogens with two attached hydrogens (primary N) is 1. The molecule has 1 aromatic heterocycles. The summed E-state index contributed by atoms with van der Waals surface area (Å²) in [6, 6.07) is 13.6. The van der Waals surface area contributed by atoms with Crippen LogP contribution in [0.1, 0.15) is 39.1 Å². The molecule has 32 heavy (non-hydrogen) atoms. The predicted molar refractivity (Wildman–Crippen MR) is 127 cm³/mol. The van der Waals surface area contributed by atoms with Gasteiger partial charge in [-0.25, -0.2) is 4.98 Å². The van der Waals surface area contributed by atoms with Gasteiger partial charge in [-0.05, 0) is 50.2 Å². The summed E-state index contributed by atoms with van der Waals surface area (Å²) in [5.74, 6) is -0.912. The molecule has 0 saturated carbocycles. The number of hydrogen-bond acceptors (Lipinski definition) is 5. The zero-order chi connectivity index (χ0) is 23.3. The number of nitrogens with one attached hydrogen (secondary N) is 1. The molecule has 0 saturated heterocycles. The number of halogens is 1. The lowest BCUT2D eigenvalue weighted by Crippen LogP contribution is -2.33. The van der Waals surface area contributed by atoms with Crippen molar-refractivity contribution in [2.24, 2.45) is 5.73 Å². The molecule has 0 atom stereocenters. The summed E-state index contributed by atoms with van der Waals surface area (Å²) >= 11 is 7.28. The number of hydrogen-bond donors (Lipinski definition) is 2. The first-order chi connectivity index (χ1) is 15.3. The van der Waals surface area contributed by atoms with E-state index < -0.39 is 5.91 Å². The van der Waals surface area contributed by atoms with E-state index in [9.17, 15) is 14.4 Å². The molecule has 0 radical (unpaired) electrons. The molecular formula is C23H23ClN4O3S. The number of carbonyl (C=O) groups is 3. The fraction of sp³-hybridized carbons (Fsp3) is 0.217. The molecule has 0 aliphatic rings. The summed E-state index contributed by atoms with van der Waals surface area (Å²) < 4.78 is 0. The number of aromatic nitrogens is 1. The maximum absolute atomic E-state index is 13.1. The van der Waals surface area contributed by atoms with Gasteiger partial charge in [0.25, 0.3) is 5.91 Å². The van der Waals surface area contributed by atoms with Crippen molar-refractivity contribution in [3.8, 4) is 10.6 Å². The van der Waals surface area contributed by atoms with Gasteiger partial charge < -0.3 is 16.0 Å². The molecule has 0 spiro atoms. The smallest absolute Gasteiger partial charge is 0.265 e. The lowest BCUT2D eigenvalue weighted by Gasteiger charge is -2.20. The average Bonchev–Trinajstić information content (AvgIpc) is 3.16. The molecule has 0 unspecified atom stereocenters. The number of amides is 3. The Labute approximate surface area is 195 Å². The molecule has 7 nitrogen and oxygen atoms in total. The van der Waals surface area contributed by atoms with E-state index in [4.69, 9.17) is 17.3 Å². The molecule has 0 fully saturated rings. The lowest BCUT2D eigenvalue weighted by atomic mass is 10.2. The standard InChI is InChI=1S/C23H23ClN4O3S/c1-3-28(13-12-19(29)27-18-10-6-15(7-11-18)21(25)30)23(31)20-14(2)26-22(32-20)16-4-8-17(24)9-5-16/h4-11H,3,12-13H2,1-2H3,(H2,25,30)(H,27,29). The maximum atomic E-state index is 13.1. The molecule has 1 heterocycles. The Morgan fingerprint density at radius 3 is 2.34 bits per heavy atom. The molecule has 0 aliphatic carbocycles. The van der Waals surface area contributed by atoms with E-state index in [1.165, 1.54) is 11.3 Å². The van der Waals surface area contributed by atoms with E-state index in [-0.39, 0.29) is 24.8 Å². The van der Waals surface area contributed by atoms with Crippen LogP contribution in [0.25, 0.3) is 10.6 Å². The van der Waals surface area contributed by atoms with Crippen LogP contribution < -0.4 is 11.1 Å². The summed E-state index contributed by atoms with van der Waals surface area (Å²) in [4.78, 5) is 43.3. The maximum Gasteiger partial charge on any atom is 0.265 e. The highest BCUT2D eigenvalue weighted by atomic mass is 35.5. The van der Waals surface area contributed by atoms with E-state index in [1.54, 1.807) is 48.2 Å². The second kappa shape index (κ2) is 10.4. The zero-order valence-corrected chi connectivity index (χ0v) is 19.3. The molecular weight excluding hydrogens is 448 g/mol. The first-order valence-corrected chi connectivity index (χ1v) is 11.2. The Balaban J connectivity index is 1.62. The molecule has 2 aromatic carbocycles. The molecule has 0 bridgehead atoms. The fourth-order valence-electron chi connectivity index (χ4n) is 3.04. The minimum atomic E-state index is -0.530. The van der Waals surface area contributed by atoms with E-state index >= 15 is 0 Å². The van der Waals surface area contributed by atoms with Gasteiger partial charge in [0.15, 0.2) is 0 Å². The summed E-state index contributed by atoms with van der Waals surface area (Å²) in [6.45, 7) is 4.41. The first kappa shape index (κ1) is 23.4. The third kappa shape index (κ3) is 5.72. The van der Waals surface area contributed by atoms with Gasteiger partial charge in [-0.1, -0.05) is 23.7 Å². The predicted octanol–water partition coefficient (Wildman–Crippen LogP) is 4.36. The minimum absolute atomic E-state index is 0.138. The highest BCUT2D eigenvalue weighted by molar-refractivity contribution is 7.17. The monoisotopic (exact) mass is 470 g/mol. The number of rotatable bonds is 8. The second-order valence-corrected chi connectivity index (χ2v) is 8.50. The van der Waals surface area contributed by atoms with Crippen LogP contribution in [-0.2, 0) is 4.79 Å². The number of aryl methyl sites for hydroxylation is 1. The van der Waals surface area contributed by atoms with Crippen molar-refractivity contribution in [1.29, 1.82) is 0 Å². The average molecular weight is 471 g/mol. The molecule has 3 amide bonds. The van der Waals surface area contributed by atoms with Gasteiger partial charge in [-0.3, -0.25) is 14.4 Å². The van der Waals surface area contributed by atoms with Crippen LogP contribution in [0.2, 0.25) is 5.02 Å². The molecule has 3 rings (SSSR count). The Bertz CT molecular complexity index is 1130. The van der Waals surface area contributed by atoms with Crippen molar-refractivity contribution in [3.63, 3.8) is 0 Å². The van der Waals surface area contributed by atoms with Crippen LogP contribution in [0.4, 0.5) is 5.69 Å². The Morgan fingerprint density at radius 1 is 1.09 bits per heavy atom. The molecule has 9 heteroatoms. The zero-order valence-electron chi connectivity index (χ0n) is 17.7. The number of nitrogens with zero attached hydrogens (tertiary/aromatic N) is 2. The molecule has 166 valence electrons. The van der Waals surface area contributed by atoms with Gasteiger partial charge in [0.05, 0.1) is 5.69 Å². The van der Waals surface area contributed by atoms with Gasteiger partial charge in [0, 0.05) is 41.3 Å². The summed E-state index contributed by atoms with van der Waals surface area (Å²) in [5, 5.41) is 4.14. The van der Waals surface area contributed by atoms with E-state index in [0.717, 1.165) is 10.6 Å². The Kier molecular flexibility index (Phi) is 7.61. The van der Waals surface area contributed by atoms with E-state index in [2.05, 4.69) is 10.3 Å². The van der Waals surface area contributed by atoms with Crippen molar-refractivity contribution in [2.75, 3.05) is 18.4 Å². The number of anilines is 1. The normalized spacial score (nSPS) is 10.6. The SMILES string of the molecule is CCN(CCC(=O)Nc1ccc(C(N)=O)cc1)C(=O)c1sc(-c2ccc(Cl)cc2)nc1C. The lowest BCUT2D eigenvalue weighted by molar-refractivity contribution is -0.116. The highest BCUT2D eigenvalue weighted by Crippen LogP contribution is 2.29. The van der Waals surface area contributed by atoms with Crippen molar-refractivity contribution in [2.45, 2.75) is 20.3 Å². The van der Waals surface area contributed by atoms with Crippen LogP contribution in [0.3, 0.4) is 0 Å². The van der Waals surface area contributed by atoms with Crippen molar-refractivity contribution in [3.05, 3.63) is 69.7 Å². The number of benzene rings is 2. The van der Waals surface area contributed by atoms with E-state index in [1.807, 2.05) is 19.1 Å². The third-order valence-electron chi connectivity index (χ3n) is 4.81. The van der Waals surface area contributed by atoms with Gasteiger partial charge in [0.1, 0.15) is 9.88 Å². The van der Waals surface area contributed by atoms with Crippen LogP contribution in [0.15, 0.2) is 48.5 Å². The number of thiazole rings is 1. The van der Waals surface area contributed by atoms with Crippen LogP contribution in [0, 0.1) is 6.92 Å². The van der Waals surface area contributed by atoms with Crippen LogP contribution >= 0.6 is 22.9 Å². The molecule has 0 aliphatic heterocycles. The summed E-state index contributed by atoms with van der Waals surface area (Å²) in [5.41, 5.74) is 7.69. The second-order valence-electron chi connectivity index (χ2n) is 7.07.